The van der Waals surface area contributed by atoms with Crippen LogP contribution in [-0.4, -0.2) is 17.0 Å². The quantitative estimate of drug-likeness (QED) is 0.770. The molecule has 0 fully saturated rings. The Labute approximate surface area is 141 Å². The van der Waals surface area contributed by atoms with E-state index in [9.17, 15) is 0 Å². The Hall–Kier alpha value is -2.10. The Bertz CT molecular complexity index is 580. The molecule has 1 heterocycles. The molecule has 2 aromatic rings. The van der Waals surface area contributed by atoms with E-state index >= 15 is 0 Å². The second-order valence-electron chi connectivity index (χ2n) is 5.05. The molecule has 0 aliphatic rings. The summed E-state index contributed by atoms with van der Waals surface area (Å²) in [7, 11) is 1.81. The molecule has 2 N–H and O–H groups in total. The molecule has 0 spiro atoms. The van der Waals surface area contributed by atoms with Crippen molar-refractivity contribution in [2.75, 3.05) is 17.7 Å². The van der Waals surface area contributed by atoms with Gasteiger partial charge < -0.3 is 10.6 Å². The highest BCUT2D eigenvalue weighted by molar-refractivity contribution is 5.64. The number of anilines is 3. The monoisotopic (exact) mass is 316 g/mol. The van der Waals surface area contributed by atoms with Gasteiger partial charge in [-0.15, -0.1) is 0 Å². The Morgan fingerprint density at radius 3 is 2.17 bits per heavy atom. The Balaban J connectivity index is 0.000000868. The van der Waals surface area contributed by atoms with E-state index in [4.69, 9.17) is 0 Å². The average molecular weight is 316 g/mol. The Morgan fingerprint density at radius 1 is 1.00 bits per heavy atom. The van der Waals surface area contributed by atoms with Crippen molar-refractivity contribution < 1.29 is 0 Å². The minimum absolute atomic E-state index is 0.619. The lowest BCUT2D eigenvalue weighted by Crippen LogP contribution is -2.03. The lowest BCUT2D eigenvalue weighted by Gasteiger charge is -2.13. The van der Waals surface area contributed by atoms with Crippen LogP contribution >= 0.6 is 0 Å². The zero-order valence-corrected chi connectivity index (χ0v) is 15.9. The van der Waals surface area contributed by atoms with Crippen LogP contribution in [0.2, 0.25) is 0 Å². The maximum atomic E-state index is 4.42. The smallest absolute Gasteiger partial charge is 0.224 e. The fraction of sp³-hybridized carbons (Fsp3) is 0.474. The average Bonchev–Trinajstić information content (AvgIpc) is 2.56. The van der Waals surface area contributed by atoms with Gasteiger partial charge in [-0.3, -0.25) is 0 Å². The Kier molecular flexibility index (Phi) is 10.4. The summed E-state index contributed by atoms with van der Waals surface area (Å²) in [5, 5.41) is 6.31. The highest BCUT2D eigenvalue weighted by Crippen LogP contribution is 2.23. The summed E-state index contributed by atoms with van der Waals surface area (Å²) in [4.78, 5) is 8.60. The van der Waals surface area contributed by atoms with E-state index in [0.29, 0.717) is 5.95 Å². The molecular weight excluding hydrogens is 284 g/mol. The van der Waals surface area contributed by atoms with Gasteiger partial charge in [0.25, 0.3) is 0 Å². The van der Waals surface area contributed by atoms with Gasteiger partial charge in [0.15, 0.2) is 0 Å². The molecule has 2 rings (SSSR count). The molecule has 4 nitrogen and oxygen atoms in total. The first-order chi connectivity index (χ1) is 11.0. The van der Waals surface area contributed by atoms with Crippen LogP contribution in [0.5, 0.6) is 0 Å². The van der Waals surface area contributed by atoms with Gasteiger partial charge in [-0.1, -0.05) is 46.2 Å². The predicted molar refractivity (Wildman–Crippen MR) is 103 cm³/mol. The van der Waals surface area contributed by atoms with E-state index < -0.39 is 0 Å². The highest BCUT2D eigenvalue weighted by atomic mass is 15.1. The number of aryl methyl sites for hydroxylation is 2. The molecule has 0 unspecified atom stereocenters. The van der Waals surface area contributed by atoms with Crippen LogP contribution in [0.4, 0.5) is 17.5 Å². The van der Waals surface area contributed by atoms with Gasteiger partial charge in [-0.2, -0.15) is 4.98 Å². The van der Waals surface area contributed by atoms with Crippen molar-refractivity contribution in [2.24, 2.45) is 0 Å². The fourth-order valence-corrected chi connectivity index (χ4v) is 1.70. The van der Waals surface area contributed by atoms with Crippen LogP contribution < -0.4 is 10.6 Å². The normalized spacial score (nSPS) is 9.04. The zero-order chi connectivity index (χ0) is 17.8. The van der Waals surface area contributed by atoms with Gasteiger partial charge in [0, 0.05) is 24.5 Å². The summed E-state index contributed by atoms with van der Waals surface area (Å²) < 4.78 is 0. The molecule has 0 radical (unpaired) electrons. The van der Waals surface area contributed by atoms with Gasteiger partial charge in [0.05, 0.1) is 0 Å². The lowest BCUT2D eigenvalue weighted by atomic mass is 10.1. The standard InChI is InChI=1S/C14H18N4.C3H8.C2H6/c1-9-6-5-7-12(11(9)3)17-13-10(2)8-16-14(15-4)18-13;1-3-2;1-2/h5-8H,1-4H3,(H2,15,16,17,18);3H2,1-2H3;1-2H3. The first kappa shape index (κ1) is 20.9. The maximum absolute atomic E-state index is 4.42. The molecule has 23 heavy (non-hydrogen) atoms. The largest absolute Gasteiger partial charge is 0.357 e. The predicted octanol–water partition coefficient (Wildman–Crippen LogP) is 5.63. The van der Waals surface area contributed by atoms with Crippen molar-refractivity contribution in [1.82, 2.24) is 9.97 Å². The van der Waals surface area contributed by atoms with Crippen LogP contribution in [-0.2, 0) is 0 Å². The summed E-state index contributed by atoms with van der Waals surface area (Å²) in [5.41, 5.74) is 4.61. The molecule has 0 atom stereocenters. The third-order valence-corrected chi connectivity index (χ3v) is 3.05. The van der Waals surface area contributed by atoms with Crippen molar-refractivity contribution in [2.45, 2.75) is 54.9 Å². The van der Waals surface area contributed by atoms with Crippen LogP contribution in [0.1, 0.15) is 50.8 Å². The van der Waals surface area contributed by atoms with E-state index in [-0.39, 0.29) is 0 Å². The number of nitrogens with zero attached hydrogens (tertiary/aromatic N) is 2. The molecule has 1 aromatic heterocycles. The van der Waals surface area contributed by atoms with Gasteiger partial charge in [0.2, 0.25) is 5.95 Å². The van der Waals surface area contributed by atoms with Crippen molar-refractivity contribution in [3.8, 4) is 0 Å². The molecule has 128 valence electrons. The van der Waals surface area contributed by atoms with Gasteiger partial charge in [-0.05, 0) is 38.0 Å². The number of hydrogen-bond acceptors (Lipinski definition) is 4. The van der Waals surface area contributed by atoms with Gasteiger partial charge in [0.1, 0.15) is 5.82 Å². The van der Waals surface area contributed by atoms with E-state index in [1.807, 2.05) is 40.1 Å². The van der Waals surface area contributed by atoms with Crippen molar-refractivity contribution in [3.63, 3.8) is 0 Å². The Morgan fingerprint density at radius 2 is 1.61 bits per heavy atom. The SMILES string of the molecule is CC.CCC.CNc1ncc(C)c(Nc2cccc(C)c2C)n1. The lowest BCUT2D eigenvalue weighted by molar-refractivity contribution is 1.09. The van der Waals surface area contributed by atoms with Gasteiger partial charge in [-0.25, -0.2) is 4.98 Å². The second kappa shape index (κ2) is 11.5. The third kappa shape index (κ3) is 6.68. The molecule has 0 bridgehead atoms. The minimum atomic E-state index is 0.619. The van der Waals surface area contributed by atoms with Crippen LogP contribution in [0.25, 0.3) is 0 Å². The molecule has 0 aliphatic heterocycles. The third-order valence-electron chi connectivity index (χ3n) is 3.05. The summed E-state index contributed by atoms with van der Waals surface area (Å²) in [6.45, 7) is 14.5. The molecule has 0 saturated heterocycles. The zero-order valence-electron chi connectivity index (χ0n) is 15.9. The van der Waals surface area contributed by atoms with E-state index in [1.54, 1.807) is 0 Å². The fourth-order valence-electron chi connectivity index (χ4n) is 1.70. The number of rotatable bonds is 3. The topological polar surface area (TPSA) is 49.8 Å². The van der Waals surface area contributed by atoms with Crippen LogP contribution in [0.15, 0.2) is 24.4 Å². The molecule has 1 aromatic carbocycles. The highest BCUT2D eigenvalue weighted by Gasteiger charge is 2.06. The summed E-state index contributed by atoms with van der Waals surface area (Å²) >= 11 is 0. The first-order valence-corrected chi connectivity index (χ1v) is 8.38. The molecular formula is C19H32N4. The minimum Gasteiger partial charge on any atom is -0.357 e. The number of nitrogens with one attached hydrogen (secondary N) is 2. The maximum Gasteiger partial charge on any atom is 0.224 e. The van der Waals surface area contributed by atoms with Crippen molar-refractivity contribution in [1.29, 1.82) is 0 Å². The summed E-state index contributed by atoms with van der Waals surface area (Å²) in [6, 6.07) is 6.20. The van der Waals surface area contributed by atoms with Crippen molar-refractivity contribution in [3.05, 3.63) is 41.1 Å². The van der Waals surface area contributed by atoms with E-state index in [0.717, 1.165) is 17.1 Å². The second-order valence-corrected chi connectivity index (χ2v) is 5.05. The number of hydrogen-bond donors (Lipinski definition) is 2. The summed E-state index contributed by atoms with van der Waals surface area (Å²) in [6.07, 6.45) is 3.06. The van der Waals surface area contributed by atoms with Crippen molar-refractivity contribution >= 4 is 17.5 Å². The summed E-state index contributed by atoms with van der Waals surface area (Å²) in [5.74, 6) is 1.46. The van der Waals surface area contributed by atoms with E-state index in [2.05, 4.69) is 60.4 Å². The van der Waals surface area contributed by atoms with Gasteiger partial charge >= 0.3 is 0 Å². The van der Waals surface area contributed by atoms with Crippen LogP contribution in [0.3, 0.4) is 0 Å². The number of benzene rings is 1. The number of aromatic nitrogens is 2. The molecule has 0 aliphatic carbocycles. The van der Waals surface area contributed by atoms with E-state index in [1.165, 1.54) is 17.5 Å². The van der Waals surface area contributed by atoms with Crippen LogP contribution in [0, 0.1) is 20.8 Å². The molecule has 0 amide bonds. The first-order valence-electron chi connectivity index (χ1n) is 8.38. The molecule has 0 saturated carbocycles. The molecule has 4 heteroatoms.